The van der Waals surface area contributed by atoms with Gasteiger partial charge in [0.25, 0.3) is 5.91 Å². The van der Waals surface area contributed by atoms with Gasteiger partial charge >= 0.3 is 0 Å². The predicted octanol–water partition coefficient (Wildman–Crippen LogP) is 9.36. The minimum atomic E-state index is -0.603. The van der Waals surface area contributed by atoms with E-state index in [1.165, 1.54) is 22.5 Å². The Labute approximate surface area is 327 Å². The van der Waals surface area contributed by atoms with Crippen molar-refractivity contribution in [1.29, 1.82) is 0 Å². The van der Waals surface area contributed by atoms with Crippen LogP contribution in [-0.4, -0.2) is 45.6 Å². The first-order valence-electron chi connectivity index (χ1n) is 19.2. The molecular formula is C48H46N4O4. The van der Waals surface area contributed by atoms with Crippen LogP contribution in [0.5, 0.6) is 0 Å². The lowest BCUT2D eigenvalue weighted by Crippen LogP contribution is -2.44. The molecule has 1 amide bonds. The summed E-state index contributed by atoms with van der Waals surface area (Å²) in [6, 6.07) is 47.4. The second-order valence-electron chi connectivity index (χ2n) is 14.8. The summed E-state index contributed by atoms with van der Waals surface area (Å²) in [6.07, 6.45) is 0.554. The Balaban J connectivity index is 1.01. The lowest BCUT2D eigenvalue weighted by Gasteiger charge is -2.43. The zero-order valence-corrected chi connectivity index (χ0v) is 31.9. The van der Waals surface area contributed by atoms with Gasteiger partial charge in [0.1, 0.15) is 5.69 Å². The third-order valence-electron chi connectivity index (χ3n) is 11.1. The van der Waals surface area contributed by atoms with Crippen molar-refractivity contribution in [3.05, 3.63) is 179 Å². The number of para-hydroxylation sites is 2. The van der Waals surface area contributed by atoms with E-state index in [-0.39, 0.29) is 42.4 Å². The fourth-order valence-corrected chi connectivity index (χ4v) is 7.56. The summed E-state index contributed by atoms with van der Waals surface area (Å²) in [5.74, 6) is -0.225. The number of aromatic nitrogens is 2. The number of benzene rings is 6. The van der Waals surface area contributed by atoms with Crippen LogP contribution in [0.1, 0.15) is 70.6 Å². The first-order chi connectivity index (χ1) is 27.3. The monoisotopic (exact) mass is 742 g/mol. The van der Waals surface area contributed by atoms with E-state index in [4.69, 9.17) is 9.47 Å². The molecule has 8 heteroatoms. The highest BCUT2D eigenvalue weighted by atomic mass is 16.7. The van der Waals surface area contributed by atoms with Crippen molar-refractivity contribution in [2.75, 3.05) is 13.6 Å². The van der Waals surface area contributed by atoms with Crippen molar-refractivity contribution >= 4 is 27.7 Å². The van der Waals surface area contributed by atoms with Gasteiger partial charge in [-0.3, -0.25) is 14.7 Å². The number of carbonyl (C=O) groups excluding carboxylic acids is 1. The third-order valence-corrected chi connectivity index (χ3v) is 11.1. The number of ether oxygens (including phenoxy) is 2. The van der Waals surface area contributed by atoms with E-state index < -0.39 is 6.29 Å². The van der Waals surface area contributed by atoms with Crippen molar-refractivity contribution < 1.29 is 19.4 Å². The number of rotatable bonds is 11. The van der Waals surface area contributed by atoms with Gasteiger partial charge in [0.2, 0.25) is 0 Å². The maximum absolute atomic E-state index is 13.0. The van der Waals surface area contributed by atoms with Crippen molar-refractivity contribution in [3.63, 3.8) is 0 Å². The molecule has 1 saturated heterocycles. The zero-order chi connectivity index (χ0) is 38.6. The minimum absolute atomic E-state index is 0.00727. The van der Waals surface area contributed by atoms with Crippen LogP contribution in [-0.2, 0) is 22.6 Å². The molecule has 0 saturated carbocycles. The number of nitrogens with zero attached hydrogens (tertiary/aromatic N) is 3. The molecule has 0 spiro atoms. The Morgan fingerprint density at radius 2 is 1.50 bits per heavy atom. The molecule has 0 radical (unpaired) electrons. The van der Waals surface area contributed by atoms with Crippen molar-refractivity contribution in [2.24, 2.45) is 5.92 Å². The summed E-state index contributed by atoms with van der Waals surface area (Å²) < 4.78 is 13.7. The van der Waals surface area contributed by atoms with Crippen LogP contribution in [0.25, 0.3) is 32.9 Å². The van der Waals surface area contributed by atoms with Gasteiger partial charge in [-0.25, -0.2) is 4.98 Å². The van der Waals surface area contributed by atoms with Crippen LogP contribution in [0, 0.1) is 5.92 Å². The third kappa shape index (κ3) is 8.10. The van der Waals surface area contributed by atoms with Gasteiger partial charge in [0, 0.05) is 30.6 Å². The molecule has 2 N–H and O–H groups in total. The molecule has 282 valence electrons. The Hall–Kier alpha value is -5.77. The molecular weight excluding hydrogens is 697 g/mol. The average molecular weight is 743 g/mol. The fourth-order valence-electron chi connectivity index (χ4n) is 7.56. The van der Waals surface area contributed by atoms with Gasteiger partial charge in [-0.15, -0.1) is 0 Å². The van der Waals surface area contributed by atoms with E-state index >= 15 is 0 Å². The molecule has 1 aliphatic rings. The Morgan fingerprint density at radius 1 is 0.768 bits per heavy atom. The summed E-state index contributed by atoms with van der Waals surface area (Å²) in [5.41, 5.74) is 8.82. The van der Waals surface area contributed by atoms with E-state index in [1.807, 2.05) is 54.6 Å². The van der Waals surface area contributed by atoms with Crippen molar-refractivity contribution in [3.8, 4) is 11.1 Å². The number of amides is 1. The highest BCUT2D eigenvalue weighted by molar-refractivity contribution is 5.93. The highest BCUT2D eigenvalue weighted by Gasteiger charge is 2.39. The number of likely N-dealkylation sites (N-methyl/N-ethyl adjacent to an activating group) is 1. The molecule has 0 bridgehead atoms. The number of hydrogen-bond acceptors (Lipinski definition) is 7. The van der Waals surface area contributed by atoms with Gasteiger partial charge in [0.15, 0.2) is 6.29 Å². The van der Waals surface area contributed by atoms with E-state index in [1.54, 1.807) is 0 Å². The van der Waals surface area contributed by atoms with Gasteiger partial charge in [0.05, 0.1) is 36.0 Å². The smallest absolute Gasteiger partial charge is 0.271 e. The molecule has 1 aliphatic heterocycles. The summed E-state index contributed by atoms with van der Waals surface area (Å²) in [7, 11) is 2.16. The van der Waals surface area contributed by atoms with E-state index in [0.29, 0.717) is 18.6 Å². The van der Waals surface area contributed by atoms with Crippen LogP contribution in [0.4, 0.5) is 0 Å². The lowest BCUT2D eigenvalue weighted by molar-refractivity contribution is -0.276. The number of nitrogens with one attached hydrogen (secondary N) is 1. The predicted molar refractivity (Wildman–Crippen MR) is 221 cm³/mol. The Kier molecular flexibility index (Phi) is 11.0. The van der Waals surface area contributed by atoms with Crippen molar-refractivity contribution in [1.82, 2.24) is 20.2 Å². The maximum atomic E-state index is 13.0. The Bertz CT molecular complexity index is 2470. The van der Waals surface area contributed by atoms with Gasteiger partial charge in [-0.1, -0.05) is 116 Å². The standard InChI is InChI=1S/C48H46N4O4/c1-31-45(29-52(3)32(2)37-23-22-35-11-4-5-12-39(35)25-37)55-48(56-46(31)36-20-18-33(30-53)19-21-36)41-15-9-14-40(26-41)38-13-8-10-34(24-38)27-50-47(54)44-28-49-42-16-6-7-17-43(42)51-44/h4-26,28,31-32,45-46,48,53H,27,29-30H2,1-3H3,(H,50,54). The fraction of sp³-hybridized carbons (Fsp3) is 0.229. The van der Waals surface area contributed by atoms with Crippen LogP contribution < -0.4 is 5.32 Å². The molecule has 1 fully saturated rings. The normalized spacial score (nSPS) is 18.9. The van der Waals surface area contributed by atoms with E-state index in [2.05, 4.69) is 126 Å². The van der Waals surface area contributed by atoms with Crippen molar-refractivity contribution in [2.45, 2.75) is 51.5 Å². The first-order valence-corrected chi connectivity index (χ1v) is 19.2. The van der Waals surface area contributed by atoms with Crippen LogP contribution in [0.3, 0.4) is 0 Å². The SMILES string of the molecule is CC1C(CN(C)C(C)c2ccc3ccccc3c2)OC(c2cccc(-c3cccc(CNC(=O)c4cnc5ccccc5n4)c3)c2)OC1c1ccc(CO)cc1. The molecule has 2 heterocycles. The molecule has 8 rings (SSSR count). The van der Waals surface area contributed by atoms with Gasteiger partial charge < -0.3 is 19.9 Å². The number of fused-ring (bicyclic) bond motifs is 2. The number of hydrogen-bond donors (Lipinski definition) is 2. The molecule has 5 atom stereocenters. The second-order valence-corrected chi connectivity index (χ2v) is 14.8. The zero-order valence-electron chi connectivity index (χ0n) is 31.9. The number of aliphatic hydroxyl groups excluding tert-OH is 1. The van der Waals surface area contributed by atoms with Crippen LogP contribution in [0.15, 0.2) is 146 Å². The van der Waals surface area contributed by atoms with Crippen LogP contribution in [0.2, 0.25) is 0 Å². The van der Waals surface area contributed by atoms with Gasteiger partial charge in [-0.2, -0.15) is 0 Å². The average Bonchev–Trinajstić information content (AvgIpc) is 3.25. The van der Waals surface area contributed by atoms with E-state index in [0.717, 1.165) is 38.9 Å². The van der Waals surface area contributed by atoms with Gasteiger partial charge in [-0.05, 0) is 88.5 Å². The Morgan fingerprint density at radius 3 is 2.30 bits per heavy atom. The van der Waals surface area contributed by atoms with Crippen LogP contribution >= 0.6 is 0 Å². The summed E-state index contributed by atoms with van der Waals surface area (Å²) >= 11 is 0. The molecule has 8 nitrogen and oxygen atoms in total. The second kappa shape index (κ2) is 16.5. The molecule has 7 aromatic rings. The first kappa shape index (κ1) is 37.2. The summed E-state index contributed by atoms with van der Waals surface area (Å²) in [6.45, 7) is 5.49. The molecule has 6 aromatic carbocycles. The summed E-state index contributed by atoms with van der Waals surface area (Å²) in [4.78, 5) is 24.3. The number of aliphatic hydroxyl groups is 1. The quantitative estimate of drug-likeness (QED) is 0.136. The molecule has 1 aromatic heterocycles. The molecule has 0 aliphatic carbocycles. The topological polar surface area (TPSA) is 96.8 Å². The molecule has 56 heavy (non-hydrogen) atoms. The van der Waals surface area contributed by atoms with E-state index in [9.17, 15) is 9.90 Å². The largest absolute Gasteiger partial charge is 0.392 e. The molecule has 5 unspecified atom stereocenters. The highest BCUT2D eigenvalue weighted by Crippen LogP contribution is 2.43. The minimum Gasteiger partial charge on any atom is -0.392 e. The lowest BCUT2D eigenvalue weighted by atomic mass is 9.89. The maximum Gasteiger partial charge on any atom is 0.271 e. The summed E-state index contributed by atoms with van der Waals surface area (Å²) in [5, 5.41) is 15.2. The number of carbonyl (C=O) groups is 1.